The highest BCUT2D eigenvalue weighted by molar-refractivity contribution is 5.58. The molecule has 10 heteroatoms. The SMILES string of the molecule is CCc1ccc(-c2cn(-c3ccc(OC[C@@]4(C)Cn5cc([N+](=O)[O-])nc5O4)cc3)nn2)cc1. The Bertz CT molecular complexity index is 1270. The van der Waals surface area contributed by atoms with Gasteiger partial charge in [-0.15, -0.1) is 5.10 Å². The highest BCUT2D eigenvalue weighted by atomic mass is 16.6. The standard InChI is InChI=1S/C23H22N6O4/c1-3-16-4-6-17(7-5-16)20-12-28(26-25-20)18-8-10-19(11-9-18)32-15-23(2)14-27-13-21(29(30)31)24-22(27)33-23/h4-13H,3,14-15H2,1-2H3/t23-/m1/s1. The van der Waals surface area contributed by atoms with Crippen LogP contribution in [0.25, 0.3) is 16.9 Å². The Kier molecular flexibility index (Phi) is 5.04. The quantitative estimate of drug-likeness (QED) is 0.313. The summed E-state index contributed by atoms with van der Waals surface area (Å²) in [5.41, 5.74) is 3.31. The van der Waals surface area contributed by atoms with Crippen LogP contribution in [0, 0.1) is 10.1 Å². The van der Waals surface area contributed by atoms with Gasteiger partial charge >= 0.3 is 11.8 Å². The van der Waals surface area contributed by atoms with E-state index in [4.69, 9.17) is 9.47 Å². The Morgan fingerprint density at radius 2 is 1.91 bits per heavy atom. The first-order chi connectivity index (χ1) is 15.9. The second-order valence-corrected chi connectivity index (χ2v) is 8.20. The number of ether oxygens (including phenoxy) is 2. The van der Waals surface area contributed by atoms with Crippen LogP contribution in [-0.4, -0.2) is 41.7 Å². The summed E-state index contributed by atoms with van der Waals surface area (Å²) in [6, 6.07) is 16.1. The molecule has 0 unspecified atom stereocenters. The minimum atomic E-state index is -0.662. The average Bonchev–Trinajstić information content (AvgIpc) is 3.52. The van der Waals surface area contributed by atoms with E-state index in [9.17, 15) is 10.1 Å². The van der Waals surface area contributed by atoms with E-state index in [-0.39, 0.29) is 18.4 Å². The van der Waals surface area contributed by atoms with Gasteiger partial charge in [0, 0.05) is 10.5 Å². The highest BCUT2D eigenvalue weighted by Gasteiger charge is 2.41. The van der Waals surface area contributed by atoms with Gasteiger partial charge in [-0.2, -0.15) is 0 Å². The van der Waals surface area contributed by atoms with Crippen molar-refractivity contribution in [2.45, 2.75) is 32.4 Å². The normalized spacial score (nSPS) is 16.9. The van der Waals surface area contributed by atoms with E-state index < -0.39 is 10.5 Å². The van der Waals surface area contributed by atoms with E-state index >= 15 is 0 Å². The Labute approximate surface area is 189 Å². The van der Waals surface area contributed by atoms with E-state index in [0.717, 1.165) is 23.4 Å². The number of aromatic nitrogens is 5. The van der Waals surface area contributed by atoms with E-state index in [2.05, 4.69) is 46.5 Å². The topological polar surface area (TPSA) is 110 Å². The van der Waals surface area contributed by atoms with Crippen molar-refractivity contribution in [3.63, 3.8) is 0 Å². The van der Waals surface area contributed by atoms with Crippen LogP contribution in [0.1, 0.15) is 19.4 Å². The minimum Gasteiger partial charge on any atom is -0.489 e. The maximum Gasteiger partial charge on any atom is 0.415 e. The predicted molar refractivity (Wildman–Crippen MR) is 120 cm³/mol. The third kappa shape index (κ3) is 4.14. The molecule has 0 amide bonds. The van der Waals surface area contributed by atoms with Crippen LogP contribution < -0.4 is 9.47 Å². The number of imidazole rings is 1. The average molecular weight is 446 g/mol. The zero-order valence-electron chi connectivity index (χ0n) is 18.2. The van der Waals surface area contributed by atoms with Crippen LogP contribution in [0.3, 0.4) is 0 Å². The summed E-state index contributed by atoms with van der Waals surface area (Å²) in [6.07, 6.45) is 4.27. The number of nitro groups is 1. The lowest BCUT2D eigenvalue weighted by atomic mass is 10.1. The fourth-order valence-electron chi connectivity index (χ4n) is 3.72. The molecule has 0 fully saturated rings. The summed E-state index contributed by atoms with van der Waals surface area (Å²) < 4.78 is 15.1. The monoisotopic (exact) mass is 446 g/mol. The molecule has 5 rings (SSSR count). The van der Waals surface area contributed by atoms with E-state index in [1.54, 1.807) is 9.25 Å². The number of nitrogens with zero attached hydrogens (tertiary/aromatic N) is 6. The molecule has 0 spiro atoms. The number of rotatable bonds is 7. The van der Waals surface area contributed by atoms with Gasteiger partial charge in [0.05, 0.1) is 18.4 Å². The Morgan fingerprint density at radius 3 is 2.58 bits per heavy atom. The molecular weight excluding hydrogens is 424 g/mol. The second kappa shape index (κ2) is 8.05. The Balaban J connectivity index is 1.22. The lowest BCUT2D eigenvalue weighted by molar-refractivity contribution is -0.389. The second-order valence-electron chi connectivity index (χ2n) is 8.20. The van der Waals surface area contributed by atoms with Crippen molar-refractivity contribution in [2.24, 2.45) is 0 Å². The van der Waals surface area contributed by atoms with Crippen LogP contribution in [0.15, 0.2) is 60.9 Å². The summed E-state index contributed by atoms with van der Waals surface area (Å²) in [5, 5.41) is 19.4. The first-order valence-electron chi connectivity index (χ1n) is 10.6. The third-order valence-corrected chi connectivity index (χ3v) is 5.55. The van der Waals surface area contributed by atoms with Crippen molar-refractivity contribution in [1.82, 2.24) is 24.5 Å². The van der Waals surface area contributed by atoms with Gasteiger partial charge in [-0.05, 0) is 48.1 Å². The number of benzene rings is 2. The molecule has 1 atom stereocenters. The number of hydrogen-bond acceptors (Lipinski definition) is 7. The largest absolute Gasteiger partial charge is 0.489 e. The van der Waals surface area contributed by atoms with Gasteiger partial charge in [0.15, 0.2) is 5.60 Å². The molecule has 33 heavy (non-hydrogen) atoms. The first-order valence-corrected chi connectivity index (χ1v) is 10.6. The molecular formula is C23H22N6O4. The molecule has 0 bridgehead atoms. The summed E-state index contributed by atoms with van der Waals surface area (Å²) in [7, 11) is 0. The molecule has 0 aliphatic carbocycles. The van der Waals surface area contributed by atoms with Crippen LogP contribution in [-0.2, 0) is 13.0 Å². The fraction of sp³-hybridized carbons (Fsp3) is 0.261. The van der Waals surface area contributed by atoms with Gasteiger partial charge < -0.3 is 19.6 Å². The summed E-state index contributed by atoms with van der Waals surface area (Å²) in [6.45, 7) is 4.70. The Hall–Kier alpha value is -4.21. The smallest absolute Gasteiger partial charge is 0.415 e. The minimum absolute atomic E-state index is 0.224. The van der Waals surface area contributed by atoms with Crippen LogP contribution >= 0.6 is 0 Å². The summed E-state index contributed by atoms with van der Waals surface area (Å²) >= 11 is 0. The number of aryl methyl sites for hydroxylation is 1. The van der Waals surface area contributed by atoms with Crippen molar-refractivity contribution in [2.75, 3.05) is 6.61 Å². The van der Waals surface area contributed by atoms with E-state index in [0.29, 0.717) is 12.3 Å². The molecule has 0 N–H and O–H groups in total. The van der Waals surface area contributed by atoms with Crippen LogP contribution in [0.2, 0.25) is 0 Å². The maximum atomic E-state index is 10.8. The lowest BCUT2D eigenvalue weighted by Gasteiger charge is -2.22. The molecule has 4 aromatic rings. The zero-order valence-corrected chi connectivity index (χ0v) is 18.2. The van der Waals surface area contributed by atoms with Gasteiger partial charge in [-0.3, -0.25) is 4.57 Å². The molecule has 10 nitrogen and oxygen atoms in total. The first kappa shape index (κ1) is 20.7. The molecule has 2 aromatic carbocycles. The van der Waals surface area contributed by atoms with Crippen molar-refractivity contribution in [3.8, 4) is 28.7 Å². The fourth-order valence-corrected chi connectivity index (χ4v) is 3.72. The molecule has 0 saturated carbocycles. The molecule has 1 aliphatic rings. The van der Waals surface area contributed by atoms with Crippen LogP contribution in [0.5, 0.6) is 11.8 Å². The van der Waals surface area contributed by atoms with Crippen molar-refractivity contribution >= 4 is 5.82 Å². The van der Waals surface area contributed by atoms with Gasteiger partial charge in [0.1, 0.15) is 24.2 Å². The zero-order chi connectivity index (χ0) is 23.0. The van der Waals surface area contributed by atoms with Crippen LogP contribution in [0.4, 0.5) is 5.82 Å². The summed E-state index contributed by atoms with van der Waals surface area (Å²) in [4.78, 5) is 14.2. The molecule has 2 aromatic heterocycles. The van der Waals surface area contributed by atoms with E-state index in [1.165, 1.54) is 11.8 Å². The lowest BCUT2D eigenvalue weighted by Crippen LogP contribution is -2.38. The van der Waals surface area contributed by atoms with Crippen molar-refractivity contribution in [3.05, 3.63) is 76.6 Å². The predicted octanol–water partition coefficient (Wildman–Crippen LogP) is 3.83. The van der Waals surface area contributed by atoms with E-state index in [1.807, 2.05) is 37.4 Å². The molecule has 0 saturated heterocycles. The summed E-state index contributed by atoms with van der Waals surface area (Å²) in [5.74, 6) is 0.451. The Morgan fingerprint density at radius 1 is 1.15 bits per heavy atom. The molecule has 0 radical (unpaired) electrons. The third-order valence-electron chi connectivity index (χ3n) is 5.55. The van der Waals surface area contributed by atoms with Gasteiger partial charge in [-0.25, -0.2) is 4.68 Å². The van der Waals surface area contributed by atoms with Crippen molar-refractivity contribution in [1.29, 1.82) is 0 Å². The van der Waals surface area contributed by atoms with Gasteiger partial charge in [0.25, 0.3) is 0 Å². The highest BCUT2D eigenvalue weighted by Crippen LogP contribution is 2.31. The molecule has 1 aliphatic heterocycles. The van der Waals surface area contributed by atoms with Gasteiger partial charge in [0.2, 0.25) is 0 Å². The van der Waals surface area contributed by atoms with Crippen molar-refractivity contribution < 1.29 is 14.4 Å². The molecule has 168 valence electrons. The maximum absolute atomic E-state index is 10.8. The van der Waals surface area contributed by atoms with Gasteiger partial charge in [-0.1, -0.05) is 36.4 Å². The number of hydrogen-bond donors (Lipinski definition) is 0. The molecule has 3 heterocycles. The number of fused-ring (bicyclic) bond motifs is 1.